The molecule has 0 radical (unpaired) electrons. The van der Waals surface area contributed by atoms with Gasteiger partial charge in [0, 0.05) is 5.54 Å². The molecule has 1 nitrogen and oxygen atoms in total. The number of hydrogen-bond donors (Lipinski definition) is 1. The van der Waals surface area contributed by atoms with Gasteiger partial charge in [0.1, 0.15) is 0 Å². The summed E-state index contributed by atoms with van der Waals surface area (Å²) in [5, 5.41) is 0. The van der Waals surface area contributed by atoms with Crippen molar-refractivity contribution in [1.82, 2.24) is 0 Å². The van der Waals surface area contributed by atoms with Crippen molar-refractivity contribution in [2.75, 3.05) is 0 Å². The molecule has 0 aliphatic rings. The summed E-state index contributed by atoms with van der Waals surface area (Å²) in [5.41, 5.74) is 11.0. The average Bonchev–Trinajstić information content (AvgIpc) is 2.45. The first-order chi connectivity index (χ1) is 11.3. The summed E-state index contributed by atoms with van der Waals surface area (Å²) in [6.07, 6.45) is 3.40. The van der Waals surface area contributed by atoms with Crippen LogP contribution in [0.3, 0.4) is 0 Å². The topological polar surface area (TPSA) is 26.0 Å². The summed E-state index contributed by atoms with van der Waals surface area (Å²) in [6.45, 7) is 25.5. The first-order valence-corrected chi connectivity index (χ1v) is 9.92. The molecule has 0 saturated heterocycles. The third kappa shape index (κ3) is 16.2. The van der Waals surface area contributed by atoms with Crippen LogP contribution in [0.5, 0.6) is 0 Å². The third-order valence-corrected chi connectivity index (χ3v) is 3.48. The summed E-state index contributed by atoms with van der Waals surface area (Å²) >= 11 is 0. The molecule has 1 rings (SSSR count). The highest BCUT2D eigenvalue weighted by Gasteiger charge is 2.06. The Balaban J connectivity index is 0. The molecule has 0 saturated carbocycles. The second kappa shape index (κ2) is 13.2. The van der Waals surface area contributed by atoms with Crippen LogP contribution in [0.2, 0.25) is 0 Å². The van der Waals surface area contributed by atoms with Crippen LogP contribution in [0, 0.1) is 5.92 Å². The van der Waals surface area contributed by atoms with E-state index in [1.165, 1.54) is 23.1 Å². The van der Waals surface area contributed by atoms with E-state index in [0.717, 1.165) is 24.3 Å². The average molecular weight is 348 g/mol. The van der Waals surface area contributed by atoms with E-state index in [1.54, 1.807) is 0 Å². The largest absolute Gasteiger partial charge is 0.326 e. The van der Waals surface area contributed by atoms with Crippen LogP contribution in [0.1, 0.15) is 105 Å². The lowest BCUT2D eigenvalue weighted by Crippen LogP contribution is -2.31. The van der Waals surface area contributed by atoms with Gasteiger partial charge >= 0.3 is 0 Å². The number of hydrogen-bond acceptors (Lipinski definition) is 1. The van der Waals surface area contributed by atoms with Crippen molar-refractivity contribution in [3.05, 3.63) is 41.5 Å². The Bertz CT molecular complexity index is 473. The Kier molecular flexibility index (Phi) is 13.8. The van der Waals surface area contributed by atoms with E-state index >= 15 is 0 Å². The molecule has 0 unspecified atom stereocenters. The number of benzene rings is 1. The van der Waals surface area contributed by atoms with Gasteiger partial charge in [0.05, 0.1) is 0 Å². The lowest BCUT2D eigenvalue weighted by Gasteiger charge is -2.15. The molecule has 1 heteroatoms. The van der Waals surface area contributed by atoms with Crippen molar-refractivity contribution in [1.29, 1.82) is 0 Å². The fourth-order valence-corrected chi connectivity index (χ4v) is 2.15. The first-order valence-electron chi connectivity index (χ1n) is 9.92. The summed E-state index contributed by atoms with van der Waals surface area (Å²) in [4.78, 5) is 0. The van der Waals surface area contributed by atoms with E-state index in [2.05, 4.69) is 94.0 Å². The molecule has 0 bridgehead atoms. The van der Waals surface area contributed by atoms with Crippen molar-refractivity contribution >= 4 is 5.57 Å². The molecule has 0 heterocycles. The minimum Gasteiger partial charge on any atom is -0.326 e. The zero-order valence-corrected chi connectivity index (χ0v) is 18.8. The second-order valence-corrected chi connectivity index (χ2v) is 8.72. The molecule has 0 aromatic heterocycles. The number of allylic oxidation sites excluding steroid dienone is 1. The van der Waals surface area contributed by atoms with Crippen LogP contribution in [0.15, 0.2) is 24.8 Å². The molecule has 0 spiro atoms. The Labute approximate surface area is 159 Å². The van der Waals surface area contributed by atoms with Crippen LogP contribution in [0.25, 0.3) is 5.57 Å². The fraction of sp³-hybridized carbons (Fsp3) is 0.667. The summed E-state index contributed by atoms with van der Waals surface area (Å²) < 4.78 is 0. The van der Waals surface area contributed by atoms with Gasteiger partial charge < -0.3 is 5.73 Å². The maximum Gasteiger partial charge on any atom is 0.00969 e. The smallest absolute Gasteiger partial charge is 0.00969 e. The lowest BCUT2D eigenvalue weighted by atomic mass is 9.95. The van der Waals surface area contributed by atoms with E-state index in [1.807, 2.05) is 0 Å². The Morgan fingerprint density at radius 2 is 1.52 bits per heavy atom. The van der Waals surface area contributed by atoms with Gasteiger partial charge in [0.15, 0.2) is 0 Å². The van der Waals surface area contributed by atoms with Gasteiger partial charge in [-0.05, 0) is 62.1 Å². The molecular weight excluding hydrogens is 302 g/mol. The molecule has 0 aliphatic heterocycles. The SMILES string of the molecule is C=C(C)c1cc(CC)cc(C(C)C)c1.CC(C)C.CCCC(C)(C)N. The van der Waals surface area contributed by atoms with Crippen molar-refractivity contribution in [3.63, 3.8) is 0 Å². The van der Waals surface area contributed by atoms with Crippen LogP contribution in [-0.4, -0.2) is 5.54 Å². The summed E-state index contributed by atoms with van der Waals surface area (Å²) in [5.74, 6) is 1.43. The third-order valence-electron chi connectivity index (χ3n) is 3.48. The van der Waals surface area contributed by atoms with Crippen LogP contribution in [-0.2, 0) is 6.42 Å². The van der Waals surface area contributed by atoms with Gasteiger partial charge in [-0.15, -0.1) is 0 Å². The standard InChI is InChI=1S/C14H20.C6H15N.C4H10/c1-6-12-7-13(10(2)3)9-14(8-12)11(4)5;1-4-5-6(2,3)7;1-4(2)3/h7-9,11H,2,6H2,1,3-5H3;4-5,7H2,1-3H3;4H,1-3H3. The monoisotopic (exact) mass is 347 g/mol. The normalized spacial score (nSPS) is 10.8. The zero-order valence-electron chi connectivity index (χ0n) is 18.8. The highest BCUT2D eigenvalue weighted by atomic mass is 14.7. The van der Waals surface area contributed by atoms with Crippen molar-refractivity contribution in [2.24, 2.45) is 11.7 Å². The maximum absolute atomic E-state index is 5.65. The Morgan fingerprint density at radius 1 is 1.04 bits per heavy atom. The minimum atomic E-state index is 0.0503. The summed E-state index contributed by atoms with van der Waals surface area (Å²) in [6, 6.07) is 6.80. The molecule has 0 atom stereocenters. The lowest BCUT2D eigenvalue weighted by molar-refractivity contribution is 0.470. The van der Waals surface area contributed by atoms with Crippen molar-refractivity contribution < 1.29 is 0 Å². The van der Waals surface area contributed by atoms with E-state index < -0.39 is 0 Å². The molecule has 25 heavy (non-hydrogen) atoms. The molecule has 0 aliphatic carbocycles. The van der Waals surface area contributed by atoms with Gasteiger partial charge in [-0.3, -0.25) is 0 Å². The van der Waals surface area contributed by atoms with Gasteiger partial charge in [0.25, 0.3) is 0 Å². The van der Waals surface area contributed by atoms with Gasteiger partial charge in [-0.2, -0.15) is 0 Å². The molecule has 146 valence electrons. The van der Waals surface area contributed by atoms with Crippen molar-refractivity contribution in [2.45, 2.75) is 100.0 Å². The molecule has 2 N–H and O–H groups in total. The van der Waals surface area contributed by atoms with Gasteiger partial charge in [-0.25, -0.2) is 0 Å². The Morgan fingerprint density at radius 3 is 1.76 bits per heavy atom. The highest BCUT2D eigenvalue weighted by Crippen LogP contribution is 2.22. The number of nitrogens with two attached hydrogens (primary N) is 1. The van der Waals surface area contributed by atoms with Crippen LogP contribution in [0.4, 0.5) is 0 Å². The van der Waals surface area contributed by atoms with E-state index in [0.29, 0.717) is 5.92 Å². The predicted octanol–water partition coefficient (Wildman–Crippen LogP) is 7.59. The maximum atomic E-state index is 5.65. The zero-order chi connectivity index (χ0) is 20.2. The molecule has 1 aromatic carbocycles. The Hall–Kier alpha value is -1.08. The van der Waals surface area contributed by atoms with Gasteiger partial charge in [-0.1, -0.05) is 85.2 Å². The van der Waals surface area contributed by atoms with E-state index in [4.69, 9.17) is 5.73 Å². The fourth-order valence-electron chi connectivity index (χ4n) is 2.15. The number of rotatable bonds is 5. The molecular formula is C24H45N. The van der Waals surface area contributed by atoms with Crippen molar-refractivity contribution in [3.8, 4) is 0 Å². The molecule has 0 fully saturated rings. The van der Waals surface area contributed by atoms with Crippen LogP contribution >= 0.6 is 0 Å². The first kappa shape index (κ1) is 26.2. The quantitative estimate of drug-likeness (QED) is 0.583. The van der Waals surface area contributed by atoms with Crippen LogP contribution < -0.4 is 5.73 Å². The molecule has 1 aromatic rings. The van der Waals surface area contributed by atoms with E-state index in [-0.39, 0.29) is 5.54 Å². The highest BCUT2D eigenvalue weighted by molar-refractivity contribution is 5.63. The molecule has 0 amide bonds. The minimum absolute atomic E-state index is 0.0503. The summed E-state index contributed by atoms with van der Waals surface area (Å²) in [7, 11) is 0. The second-order valence-electron chi connectivity index (χ2n) is 8.72. The van der Waals surface area contributed by atoms with E-state index in [9.17, 15) is 0 Å². The van der Waals surface area contributed by atoms with Gasteiger partial charge in [0.2, 0.25) is 0 Å². The number of aryl methyl sites for hydroxylation is 1. The predicted molar refractivity (Wildman–Crippen MR) is 118 cm³/mol.